The first-order chi connectivity index (χ1) is 14.4. The van der Waals surface area contributed by atoms with Crippen LogP contribution in [0.5, 0.6) is 0 Å². The molecule has 0 aliphatic rings. The number of aryl methyl sites for hydroxylation is 2. The summed E-state index contributed by atoms with van der Waals surface area (Å²) in [6.45, 7) is 3.74. The fourth-order valence-electron chi connectivity index (χ4n) is 2.74. The number of hydrogen-bond donors (Lipinski definition) is 2. The molecule has 6 nitrogen and oxygen atoms in total. The van der Waals surface area contributed by atoms with Gasteiger partial charge in [0.25, 0.3) is 11.8 Å². The maximum absolute atomic E-state index is 12.6. The highest BCUT2D eigenvalue weighted by atomic mass is 32.1. The van der Waals surface area contributed by atoms with Crippen LogP contribution >= 0.6 is 11.3 Å². The van der Waals surface area contributed by atoms with E-state index in [1.165, 1.54) is 11.3 Å². The number of carbonyl (C=O) groups is 3. The van der Waals surface area contributed by atoms with Gasteiger partial charge in [-0.05, 0) is 48.6 Å². The molecule has 0 aliphatic carbocycles. The molecule has 154 valence electrons. The van der Waals surface area contributed by atoms with Crippen molar-refractivity contribution in [1.29, 1.82) is 0 Å². The number of carbonyl (C=O) groups excluding carboxylic acids is 3. The zero-order valence-electron chi connectivity index (χ0n) is 16.7. The lowest BCUT2D eigenvalue weighted by atomic mass is 10.1. The number of esters is 1. The van der Waals surface area contributed by atoms with Crippen LogP contribution in [0.25, 0.3) is 0 Å². The van der Waals surface area contributed by atoms with Crippen LogP contribution in [0.3, 0.4) is 0 Å². The van der Waals surface area contributed by atoms with E-state index in [0.29, 0.717) is 22.7 Å². The minimum atomic E-state index is -0.540. The monoisotopic (exact) mass is 422 g/mol. The summed E-state index contributed by atoms with van der Waals surface area (Å²) in [5.41, 5.74) is 3.62. The molecule has 0 saturated carbocycles. The summed E-state index contributed by atoms with van der Waals surface area (Å²) < 4.78 is 5.08. The quantitative estimate of drug-likeness (QED) is 0.562. The Morgan fingerprint density at radius 1 is 0.967 bits per heavy atom. The molecule has 3 aromatic rings. The summed E-state index contributed by atoms with van der Waals surface area (Å²) in [7, 11) is 0. The summed E-state index contributed by atoms with van der Waals surface area (Å²) in [5.74, 6) is -1.37. The number of rotatable bonds is 7. The van der Waals surface area contributed by atoms with E-state index in [9.17, 15) is 14.4 Å². The predicted molar refractivity (Wildman–Crippen MR) is 117 cm³/mol. The van der Waals surface area contributed by atoms with Crippen molar-refractivity contribution in [3.05, 3.63) is 87.1 Å². The zero-order chi connectivity index (χ0) is 21.5. The van der Waals surface area contributed by atoms with Gasteiger partial charge in [0.05, 0.1) is 11.3 Å². The van der Waals surface area contributed by atoms with Gasteiger partial charge in [-0.1, -0.05) is 42.0 Å². The molecule has 7 heteroatoms. The van der Waals surface area contributed by atoms with Crippen LogP contribution in [0.4, 0.5) is 5.69 Å². The van der Waals surface area contributed by atoms with Crippen molar-refractivity contribution < 1.29 is 19.1 Å². The number of ether oxygens (including phenoxy) is 1. The fourth-order valence-corrected chi connectivity index (χ4v) is 3.56. The summed E-state index contributed by atoms with van der Waals surface area (Å²) in [5, 5.41) is 7.28. The second kappa shape index (κ2) is 9.84. The first kappa shape index (κ1) is 21.3. The maximum Gasteiger partial charge on any atom is 0.349 e. The van der Waals surface area contributed by atoms with E-state index in [1.807, 2.05) is 37.3 Å². The van der Waals surface area contributed by atoms with Gasteiger partial charge in [0.2, 0.25) is 0 Å². The van der Waals surface area contributed by atoms with Gasteiger partial charge in [0, 0.05) is 6.54 Å². The highest BCUT2D eigenvalue weighted by Crippen LogP contribution is 2.17. The maximum atomic E-state index is 12.6. The van der Waals surface area contributed by atoms with E-state index >= 15 is 0 Å². The number of hydrogen-bond acceptors (Lipinski definition) is 5. The zero-order valence-corrected chi connectivity index (χ0v) is 17.5. The molecule has 2 N–H and O–H groups in total. The van der Waals surface area contributed by atoms with Crippen molar-refractivity contribution >= 4 is 34.8 Å². The Balaban J connectivity index is 1.58. The third-order valence-corrected chi connectivity index (χ3v) is 5.40. The van der Waals surface area contributed by atoms with Crippen LogP contribution in [0.15, 0.2) is 60.0 Å². The third kappa shape index (κ3) is 5.55. The Hall–Kier alpha value is -3.45. The molecule has 30 heavy (non-hydrogen) atoms. The first-order valence-corrected chi connectivity index (χ1v) is 10.3. The van der Waals surface area contributed by atoms with Crippen LogP contribution in [-0.4, -0.2) is 24.4 Å². The SMILES string of the molecule is Cc1ccc(CNC(=O)c2ccccc2NC(=O)COC(=O)c2sccc2C)cc1. The molecule has 3 rings (SSSR count). The summed E-state index contributed by atoms with van der Waals surface area (Å²) >= 11 is 1.26. The van der Waals surface area contributed by atoms with Gasteiger partial charge in [0.15, 0.2) is 6.61 Å². The molecule has 1 heterocycles. The molecule has 2 aromatic carbocycles. The smallest absolute Gasteiger partial charge is 0.349 e. The number of amides is 2. The van der Waals surface area contributed by atoms with Crippen LogP contribution in [0, 0.1) is 13.8 Å². The van der Waals surface area contributed by atoms with E-state index in [0.717, 1.165) is 16.7 Å². The number of anilines is 1. The first-order valence-electron chi connectivity index (χ1n) is 9.38. The molecule has 0 bridgehead atoms. The van der Waals surface area contributed by atoms with Gasteiger partial charge >= 0.3 is 5.97 Å². The van der Waals surface area contributed by atoms with Crippen molar-refractivity contribution in [3.63, 3.8) is 0 Å². The molecular formula is C23H22N2O4S. The van der Waals surface area contributed by atoms with Crippen molar-refractivity contribution in [2.75, 3.05) is 11.9 Å². The average Bonchev–Trinajstić information content (AvgIpc) is 3.18. The van der Waals surface area contributed by atoms with E-state index in [2.05, 4.69) is 10.6 Å². The van der Waals surface area contributed by atoms with Gasteiger partial charge in [-0.15, -0.1) is 11.3 Å². The van der Waals surface area contributed by atoms with Crippen LogP contribution < -0.4 is 10.6 Å². The Morgan fingerprint density at radius 3 is 2.40 bits per heavy atom. The molecule has 2 amide bonds. The molecular weight excluding hydrogens is 400 g/mol. The van der Waals surface area contributed by atoms with Crippen LogP contribution in [0.1, 0.15) is 36.7 Å². The van der Waals surface area contributed by atoms with Gasteiger partial charge in [-0.2, -0.15) is 0 Å². The van der Waals surface area contributed by atoms with Crippen LogP contribution in [0.2, 0.25) is 0 Å². The highest BCUT2D eigenvalue weighted by molar-refractivity contribution is 7.12. The third-order valence-electron chi connectivity index (χ3n) is 4.40. The normalized spacial score (nSPS) is 10.3. The van der Waals surface area contributed by atoms with Crippen molar-refractivity contribution in [3.8, 4) is 0 Å². The predicted octanol–water partition coefficient (Wildman–Crippen LogP) is 4.09. The molecule has 0 unspecified atom stereocenters. The number of benzene rings is 2. The van der Waals surface area contributed by atoms with E-state index in [1.54, 1.807) is 36.6 Å². The molecule has 0 spiro atoms. The van der Waals surface area contributed by atoms with Crippen molar-refractivity contribution in [2.24, 2.45) is 0 Å². The van der Waals surface area contributed by atoms with Gasteiger partial charge in [0.1, 0.15) is 4.88 Å². The highest BCUT2D eigenvalue weighted by Gasteiger charge is 2.16. The minimum Gasteiger partial charge on any atom is -0.451 e. The Bertz CT molecular complexity index is 1060. The lowest BCUT2D eigenvalue weighted by Gasteiger charge is -2.12. The Morgan fingerprint density at radius 2 is 1.70 bits per heavy atom. The minimum absolute atomic E-state index is 0.308. The fraction of sp³-hybridized carbons (Fsp3) is 0.174. The molecule has 0 saturated heterocycles. The number of thiophene rings is 1. The molecule has 0 fully saturated rings. The van der Waals surface area contributed by atoms with E-state index < -0.39 is 18.5 Å². The average molecular weight is 423 g/mol. The van der Waals surface area contributed by atoms with Gasteiger partial charge in [-0.3, -0.25) is 9.59 Å². The number of nitrogens with one attached hydrogen (secondary N) is 2. The van der Waals surface area contributed by atoms with E-state index in [4.69, 9.17) is 4.74 Å². The Kier molecular flexibility index (Phi) is 6.98. The molecule has 0 atom stereocenters. The summed E-state index contributed by atoms with van der Waals surface area (Å²) in [4.78, 5) is 37.4. The second-order valence-corrected chi connectivity index (χ2v) is 7.69. The van der Waals surface area contributed by atoms with Gasteiger partial charge in [-0.25, -0.2) is 4.79 Å². The summed E-state index contributed by atoms with van der Waals surface area (Å²) in [6.07, 6.45) is 0. The Labute approximate surface area is 178 Å². The van der Waals surface area contributed by atoms with Crippen molar-refractivity contribution in [2.45, 2.75) is 20.4 Å². The number of para-hydroxylation sites is 1. The van der Waals surface area contributed by atoms with Crippen LogP contribution in [-0.2, 0) is 16.1 Å². The topological polar surface area (TPSA) is 84.5 Å². The lowest BCUT2D eigenvalue weighted by Crippen LogP contribution is -2.26. The van der Waals surface area contributed by atoms with E-state index in [-0.39, 0.29) is 5.91 Å². The molecule has 1 aromatic heterocycles. The molecule has 0 aliphatic heterocycles. The van der Waals surface area contributed by atoms with Crippen molar-refractivity contribution in [1.82, 2.24) is 5.32 Å². The molecule has 0 radical (unpaired) electrons. The summed E-state index contributed by atoms with van der Waals surface area (Å²) in [6, 6.07) is 16.4. The lowest BCUT2D eigenvalue weighted by molar-refractivity contribution is -0.119. The largest absolute Gasteiger partial charge is 0.451 e. The second-order valence-electron chi connectivity index (χ2n) is 6.77. The standard InChI is InChI=1S/C23H22N2O4S/c1-15-7-9-17(10-8-15)13-24-22(27)18-5-3-4-6-19(18)25-20(26)14-29-23(28)21-16(2)11-12-30-21/h3-12H,13-14H2,1-2H3,(H,24,27)(H,25,26). The van der Waals surface area contributed by atoms with Gasteiger partial charge < -0.3 is 15.4 Å².